The van der Waals surface area contributed by atoms with Gasteiger partial charge in [0.15, 0.2) is 0 Å². The minimum atomic E-state index is -0.659. The predicted molar refractivity (Wildman–Crippen MR) is 73.6 cm³/mol. The summed E-state index contributed by atoms with van der Waals surface area (Å²) in [6.45, 7) is -0.113. The molecule has 2 N–H and O–H groups in total. The molecule has 20 heavy (non-hydrogen) atoms. The summed E-state index contributed by atoms with van der Waals surface area (Å²) >= 11 is 0. The molecule has 0 spiro atoms. The third kappa shape index (κ3) is 2.10. The molecule has 0 unspecified atom stereocenters. The van der Waals surface area contributed by atoms with Gasteiger partial charge in [-0.2, -0.15) is 0 Å². The van der Waals surface area contributed by atoms with Crippen molar-refractivity contribution >= 4 is 16.9 Å². The molecule has 0 atom stereocenters. The molecule has 1 heterocycles. The van der Waals surface area contributed by atoms with E-state index >= 15 is 0 Å². The van der Waals surface area contributed by atoms with Crippen LogP contribution >= 0.6 is 0 Å². The predicted octanol–water partition coefficient (Wildman–Crippen LogP) is 1.44. The lowest BCUT2D eigenvalue weighted by Crippen LogP contribution is -2.56. The third-order valence-corrected chi connectivity index (χ3v) is 3.88. The Morgan fingerprint density at radius 3 is 2.75 bits per heavy atom. The fourth-order valence-corrected chi connectivity index (χ4v) is 2.45. The number of hydrogen-bond acceptors (Lipinski definition) is 4. The normalized spacial score (nSPS) is 16.6. The van der Waals surface area contributed by atoms with Crippen LogP contribution in [0.4, 0.5) is 0 Å². The van der Waals surface area contributed by atoms with Crippen LogP contribution in [-0.2, 0) is 0 Å². The molecule has 1 saturated carbocycles. The molecule has 3 rings (SSSR count). The maximum absolute atomic E-state index is 12.2. The first-order valence-electron chi connectivity index (χ1n) is 6.60. The molecule has 1 aromatic carbocycles. The van der Waals surface area contributed by atoms with Gasteiger partial charge in [-0.3, -0.25) is 4.79 Å². The number of rotatable bonds is 3. The van der Waals surface area contributed by atoms with Crippen LogP contribution in [-0.4, -0.2) is 23.2 Å². The Hall–Kier alpha value is -2.14. The first-order chi connectivity index (χ1) is 9.63. The van der Waals surface area contributed by atoms with Gasteiger partial charge in [0.25, 0.3) is 5.91 Å². The van der Waals surface area contributed by atoms with Crippen LogP contribution in [0.3, 0.4) is 0 Å². The van der Waals surface area contributed by atoms with Crippen molar-refractivity contribution in [2.75, 3.05) is 6.61 Å². The molecule has 0 radical (unpaired) electrons. The highest BCUT2D eigenvalue weighted by molar-refractivity contribution is 5.97. The number of hydrogen-bond donors (Lipinski definition) is 2. The summed E-state index contributed by atoms with van der Waals surface area (Å²) in [5.41, 5.74) is -0.804. The molecule has 5 heteroatoms. The van der Waals surface area contributed by atoms with E-state index in [9.17, 15) is 14.7 Å². The molecule has 1 aromatic heterocycles. The molecule has 5 nitrogen and oxygen atoms in total. The first-order valence-corrected chi connectivity index (χ1v) is 6.60. The van der Waals surface area contributed by atoms with E-state index in [2.05, 4.69) is 5.32 Å². The summed E-state index contributed by atoms with van der Waals surface area (Å²) < 4.78 is 5.13. The second-order valence-electron chi connectivity index (χ2n) is 5.23. The topological polar surface area (TPSA) is 79.5 Å². The third-order valence-electron chi connectivity index (χ3n) is 3.88. The number of aliphatic hydroxyl groups is 1. The minimum Gasteiger partial charge on any atom is -0.422 e. The lowest BCUT2D eigenvalue weighted by atomic mass is 9.77. The number of amides is 1. The van der Waals surface area contributed by atoms with Crippen LogP contribution in [0.5, 0.6) is 0 Å². The van der Waals surface area contributed by atoms with Gasteiger partial charge >= 0.3 is 5.63 Å². The zero-order chi connectivity index (χ0) is 14.2. The van der Waals surface area contributed by atoms with Gasteiger partial charge in [-0.05, 0) is 31.4 Å². The molecule has 104 valence electrons. The highest BCUT2D eigenvalue weighted by atomic mass is 16.4. The second kappa shape index (κ2) is 4.76. The second-order valence-corrected chi connectivity index (χ2v) is 5.23. The van der Waals surface area contributed by atoms with Crippen LogP contribution in [0.25, 0.3) is 11.0 Å². The van der Waals surface area contributed by atoms with Gasteiger partial charge in [0.2, 0.25) is 0 Å². The van der Waals surface area contributed by atoms with Gasteiger partial charge in [-0.1, -0.05) is 18.2 Å². The van der Waals surface area contributed by atoms with Crippen molar-refractivity contribution in [1.29, 1.82) is 0 Å². The highest BCUT2D eigenvalue weighted by Crippen LogP contribution is 2.31. The van der Waals surface area contributed by atoms with Gasteiger partial charge in [0.1, 0.15) is 11.1 Å². The van der Waals surface area contributed by atoms with Crippen LogP contribution < -0.4 is 10.9 Å². The Bertz CT molecular complexity index is 710. The van der Waals surface area contributed by atoms with Crippen molar-refractivity contribution in [3.05, 3.63) is 46.3 Å². The summed E-state index contributed by atoms with van der Waals surface area (Å²) in [5.74, 6) is -0.488. The van der Waals surface area contributed by atoms with E-state index in [1.807, 2.05) is 6.07 Å². The summed E-state index contributed by atoms with van der Waals surface area (Å²) in [5, 5.41) is 12.8. The average molecular weight is 273 g/mol. The standard InChI is InChI=1S/C15H15NO4/c17-9-15(6-3-7-15)16-13(18)11-8-10-4-1-2-5-12(10)20-14(11)19/h1-2,4-5,8,17H,3,6-7,9H2,(H,16,18). The highest BCUT2D eigenvalue weighted by Gasteiger charge is 2.38. The average Bonchev–Trinajstić information content (AvgIpc) is 2.42. The fraction of sp³-hybridized carbons (Fsp3) is 0.333. The van der Waals surface area contributed by atoms with Crippen molar-refractivity contribution < 1.29 is 14.3 Å². The number of carbonyl (C=O) groups is 1. The molecule has 2 aromatic rings. The zero-order valence-corrected chi connectivity index (χ0v) is 10.9. The molecule has 1 amide bonds. The molecular weight excluding hydrogens is 258 g/mol. The molecule has 1 aliphatic carbocycles. The fourth-order valence-electron chi connectivity index (χ4n) is 2.45. The molecular formula is C15H15NO4. The Morgan fingerprint density at radius 2 is 2.10 bits per heavy atom. The smallest absolute Gasteiger partial charge is 0.349 e. The number of benzene rings is 1. The van der Waals surface area contributed by atoms with Gasteiger partial charge in [0.05, 0.1) is 12.1 Å². The Labute approximate surface area is 115 Å². The molecule has 0 saturated heterocycles. The largest absolute Gasteiger partial charge is 0.422 e. The monoisotopic (exact) mass is 273 g/mol. The molecule has 0 bridgehead atoms. The van der Waals surface area contributed by atoms with E-state index in [1.165, 1.54) is 6.07 Å². The quantitative estimate of drug-likeness (QED) is 0.829. The van der Waals surface area contributed by atoms with E-state index in [-0.39, 0.29) is 12.2 Å². The Kier molecular flexibility index (Phi) is 3.06. The minimum absolute atomic E-state index is 0.0246. The Morgan fingerprint density at radius 1 is 1.35 bits per heavy atom. The van der Waals surface area contributed by atoms with Crippen molar-refractivity contribution in [3.63, 3.8) is 0 Å². The van der Waals surface area contributed by atoms with E-state index in [1.54, 1.807) is 18.2 Å². The Balaban J connectivity index is 1.95. The number of fused-ring (bicyclic) bond motifs is 1. The van der Waals surface area contributed by atoms with E-state index in [0.717, 1.165) is 19.3 Å². The number of aliphatic hydroxyl groups excluding tert-OH is 1. The number of para-hydroxylation sites is 1. The maximum atomic E-state index is 12.2. The van der Waals surface area contributed by atoms with E-state index in [4.69, 9.17) is 4.42 Å². The van der Waals surface area contributed by atoms with E-state index in [0.29, 0.717) is 11.0 Å². The van der Waals surface area contributed by atoms with Crippen LogP contribution in [0, 0.1) is 0 Å². The lowest BCUT2D eigenvalue weighted by Gasteiger charge is -2.40. The van der Waals surface area contributed by atoms with Crippen LogP contribution in [0.1, 0.15) is 29.6 Å². The summed E-state index contributed by atoms with van der Waals surface area (Å²) in [6, 6.07) is 8.56. The molecule has 1 fully saturated rings. The van der Waals surface area contributed by atoms with Crippen molar-refractivity contribution in [2.24, 2.45) is 0 Å². The SMILES string of the molecule is O=C(NC1(CO)CCC1)c1cc2ccccc2oc1=O. The zero-order valence-electron chi connectivity index (χ0n) is 10.9. The summed E-state index contributed by atoms with van der Waals surface area (Å²) in [4.78, 5) is 24.1. The van der Waals surface area contributed by atoms with Crippen LogP contribution in [0.2, 0.25) is 0 Å². The van der Waals surface area contributed by atoms with E-state index < -0.39 is 17.1 Å². The first kappa shape index (κ1) is 12.9. The van der Waals surface area contributed by atoms with Gasteiger partial charge in [-0.25, -0.2) is 4.79 Å². The summed E-state index contributed by atoms with van der Waals surface area (Å²) in [6.07, 6.45) is 2.43. The van der Waals surface area contributed by atoms with Gasteiger partial charge in [-0.15, -0.1) is 0 Å². The van der Waals surface area contributed by atoms with Gasteiger partial charge in [0, 0.05) is 5.39 Å². The van der Waals surface area contributed by atoms with Crippen molar-refractivity contribution in [3.8, 4) is 0 Å². The lowest BCUT2D eigenvalue weighted by molar-refractivity contribution is 0.0639. The van der Waals surface area contributed by atoms with Crippen LogP contribution in [0.15, 0.2) is 39.5 Å². The van der Waals surface area contributed by atoms with Crippen molar-refractivity contribution in [2.45, 2.75) is 24.8 Å². The maximum Gasteiger partial charge on any atom is 0.349 e. The molecule has 1 aliphatic rings. The number of nitrogens with one attached hydrogen (secondary N) is 1. The summed E-state index contributed by atoms with van der Waals surface area (Å²) in [7, 11) is 0. The van der Waals surface area contributed by atoms with Crippen molar-refractivity contribution in [1.82, 2.24) is 5.32 Å². The van der Waals surface area contributed by atoms with Gasteiger partial charge < -0.3 is 14.8 Å². The number of carbonyl (C=O) groups excluding carboxylic acids is 1. The molecule has 0 aliphatic heterocycles.